The van der Waals surface area contributed by atoms with Crippen molar-refractivity contribution in [3.05, 3.63) is 64.9 Å². The fourth-order valence-electron chi connectivity index (χ4n) is 3.34. The molecule has 2 aromatic rings. The van der Waals surface area contributed by atoms with Gasteiger partial charge in [0.15, 0.2) is 0 Å². The molecular weight excluding hydrogens is 469 g/mol. The molecule has 0 saturated carbocycles. The number of para-hydroxylation sites is 1. The number of nitrogens with one attached hydrogen (secondary N) is 1. The maximum Gasteiger partial charge on any atom is 0.244 e. The smallest absolute Gasteiger partial charge is 0.244 e. The van der Waals surface area contributed by atoms with Crippen molar-refractivity contribution in [2.75, 3.05) is 17.1 Å². The first-order chi connectivity index (χ1) is 15.4. The van der Waals surface area contributed by atoms with Crippen molar-refractivity contribution in [2.24, 2.45) is 0 Å². The number of rotatable bonds is 10. The third kappa shape index (κ3) is 7.43. The van der Waals surface area contributed by atoms with Crippen LogP contribution in [0.4, 0.5) is 10.1 Å². The Kier molecular flexibility index (Phi) is 9.25. The molecule has 33 heavy (non-hydrogen) atoms. The van der Waals surface area contributed by atoms with Crippen LogP contribution in [0.15, 0.2) is 48.5 Å². The number of hydrogen-bond donors (Lipinski definition) is 1. The summed E-state index contributed by atoms with van der Waals surface area (Å²) in [5.41, 5.74) is 0.472. The van der Waals surface area contributed by atoms with Crippen LogP contribution in [0.25, 0.3) is 0 Å². The van der Waals surface area contributed by atoms with Gasteiger partial charge in [0.25, 0.3) is 0 Å². The number of anilines is 1. The highest BCUT2D eigenvalue weighted by Gasteiger charge is 2.32. The van der Waals surface area contributed by atoms with Gasteiger partial charge in [-0.15, -0.1) is 0 Å². The van der Waals surface area contributed by atoms with Gasteiger partial charge in [0.2, 0.25) is 21.8 Å². The summed E-state index contributed by atoms with van der Waals surface area (Å²) in [6.07, 6.45) is 1.20. The van der Waals surface area contributed by atoms with E-state index in [0.717, 1.165) is 12.3 Å². The van der Waals surface area contributed by atoms with E-state index >= 15 is 0 Å². The molecule has 0 aliphatic heterocycles. The summed E-state index contributed by atoms with van der Waals surface area (Å²) in [4.78, 5) is 27.6. The third-order valence-electron chi connectivity index (χ3n) is 4.88. The molecular formula is C23H29ClFN3O4S. The Hall–Kier alpha value is -2.65. The zero-order valence-corrected chi connectivity index (χ0v) is 20.7. The van der Waals surface area contributed by atoms with Gasteiger partial charge in [-0.2, -0.15) is 0 Å². The Morgan fingerprint density at radius 1 is 1.09 bits per heavy atom. The van der Waals surface area contributed by atoms with Crippen molar-refractivity contribution in [3.8, 4) is 0 Å². The molecule has 1 N–H and O–H groups in total. The number of sulfonamides is 1. The van der Waals surface area contributed by atoms with Crippen molar-refractivity contribution in [1.82, 2.24) is 10.2 Å². The first-order valence-corrected chi connectivity index (χ1v) is 12.7. The van der Waals surface area contributed by atoms with Crippen LogP contribution in [0.5, 0.6) is 0 Å². The Balaban J connectivity index is 2.44. The molecule has 0 unspecified atom stereocenters. The number of benzene rings is 2. The molecule has 0 radical (unpaired) electrons. The minimum atomic E-state index is -3.99. The van der Waals surface area contributed by atoms with Crippen molar-refractivity contribution in [3.63, 3.8) is 0 Å². The van der Waals surface area contributed by atoms with Gasteiger partial charge >= 0.3 is 0 Å². The summed E-state index contributed by atoms with van der Waals surface area (Å²) >= 11 is 5.96. The first-order valence-electron chi connectivity index (χ1n) is 10.5. The third-order valence-corrected chi connectivity index (χ3v) is 6.26. The summed E-state index contributed by atoms with van der Waals surface area (Å²) in [6.45, 7) is 4.77. The molecule has 0 aromatic heterocycles. The SMILES string of the molecule is CC[C@@H](C(=O)NC(C)C)N(Cc1ccc(Cl)cc1)C(=O)CN(c1ccccc1F)S(C)(=O)=O. The average molecular weight is 498 g/mol. The minimum Gasteiger partial charge on any atom is -0.352 e. The van der Waals surface area contributed by atoms with Gasteiger partial charge in [-0.05, 0) is 50.1 Å². The van der Waals surface area contributed by atoms with Gasteiger partial charge in [0, 0.05) is 17.6 Å². The molecule has 0 bridgehead atoms. The number of hydrogen-bond acceptors (Lipinski definition) is 4. The largest absolute Gasteiger partial charge is 0.352 e. The lowest BCUT2D eigenvalue weighted by atomic mass is 10.1. The highest BCUT2D eigenvalue weighted by atomic mass is 35.5. The van der Waals surface area contributed by atoms with Crippen molar-refractivity contribution in [1.29, 1.82) is 0 Å². The lowest BCUT2D eigenvalue weighted by Gasteiger charge is -2.33. The van der Waals surface area contributed by atoms with Gasteiger partial charge in [-0.1, -0.05) is 42.8 Å². The van der Waals surface area contributed by atoms with E-state index in [2.05, 4.69) is 5.32 Å². The maximum atomic E-state index is 14.4. The summed E-state index contributed by atoms with van der Waals surface area (Å²) < 4.78 is 40.0. The molecule has 2 amide bonds. The Morgan fingerprint density at radius 2 is 1.70 bits per heavy atom. The molecule has 0 heterocycles. The Bertz CT molecular complexity index is 1080. The molecule has 0 aliphatic rings. The van der Waals surface area contributed by atoms with E-state index in [1.165, 1.54) is 23.1 Å². The van der Waals surface area contributed by atoms with Crippen LogP contribution >= 0.6 is 11.6 Å². The van der Waals surface area contributed by atoms with E-state index in [0.29, 0.717) is 21.3 Å². The van der Waals surface area contributed by atoms with Gasteiger partial charge in [-0.25, -0.2) is 12.8 Å². The van der Waals surface area contributed by atoms with Gasteiger partial charge in [-0.3, -0.25) is 13.9 Å². The molecule has 7 nitrogen and oxygen atoms in total. The normalized spacial score (nSPS) is 12.3. The predicted octanol–water partition coefficient (Wildman–Crippen LogP) is 3.58. The fraction of sp³-hybridized carbons (Fsp3) is 0.391. The first kappa shape index (κ1) is 26.6. The molecule has 0 spiro atoms. The van der Waals surface area contributed by atoms with Crippen LogP contribution in [-0.2, 0) is 26.2 Å². The van der Waals surface area contributed by atoms with Crippen molar-refractivity contribution in [2.45, 2.75) is 45.8 Å². The summed E-state index contributed by atoms with van der Waals surface area (Å²) in [7, 11) is -3.99. The van der Waals surface area contributed by atoms with Crippen molar-refractivity contribution < 1.29 is 22.4 Å². The maximum absolute atomic E-state index is 14.4. The molecule has 180 valence electrons. The Morgan fingerprint density at radius 3 is 2.21 bits per heavy atom. The second-order valence-electron chi connectivity index (χ2n) is 7.96. The standard InChI is InChI=1S/C23H29ClFN3O4S/c1-5-20(23(30)26-16(2)3)27(14-17-10-12-18(24)13-11-17)22(29)15-28(33(4,31)32)21-9-7-6-8-19(21)25/h6-13,16,20H,5,14-15H2,1-4H3,(H,26,30)/t20-/m0/s1. The number of halogens is 2. The molecule has 10 heteroatoms. The number of nitrogens with zero attached hydrogens (tertiary/aromatic N) is 2. The zero-order valence-electron chi connectivity index (χ0n) is 19.1. The van der Waals surface area contributed by atoms with E-state index in [1.807, 2.05) is 0 Å². The number of carbonyl (C=O) groups is 2. The van der Waals surface area contributed by atoms with Crippen molar-refractivity contribution >= 4 is 39.1 Å². The summed E-state index contributed by atoms with van der Waals surface area (Å²) in [6, 6.07) is 11.1. The lowest BCUT2D eigenvalue weighted by Crippen LogP contribution is -2.53. The van der Waals surface area contributed by atoms with Gasteiger partial charge in [0.05, 0.1) is 11.9 Å². The topological polar surface area (TPSA) is 86.8 Å². The lowest BCUT2D eigenvalue weighted by molar-refractivity contribution is -0.140. The zero-order chi connectivity index (χ0) is 24.8. The fourth-order valence-corrected chi connectivity index (χ4v) is 4.31. The monoisotopic (exact) mass is 497 g/mol. The van der Waals surface area contributed by atoms with Gasteiger partial charge in [0.1, 0.15) is 18.4 Å². The van der Waals surface area contributed by atoms with Crippen LogP contribution in [0.1, 0.15) is 32.8 Å². The molecule has 1 atom stereocenters. The van der Waals surface area contributed by atoms with E-state index in [1.54, 1.807) is 45.0 Å². The van der Waals surface area contributed by atoms with E-state index < -0.39 is 34.3 Å². The van der Waals surface area contributed by atoms with Crippen LogP contribution in [0.3, 0.4) is 0 Å². The van der Waals surface area contributed by atoms with Crippen LogP contribution in [-0.4, -0.2) is 50.0 Å². The molecule has 0 saturated heterocycles. The van der Waals surface area contributed by atoms with E-state index in [-0.39, 0.29) is 24.2 Å². The number of carbonyl (C=O) groups excluding carboxylic acids is 2. The highest BCUT2D eigenvalue weighted by molar-refractivity contribution is 7.92. The van der Waals surface area contributed by atoms with E-state index in [9.17, 15) is 22.4 Å². The van der Waals surface area contributed by atoms with Crippen LogP contribution in [0.2, 0.25) is 5.02 Å². The summed E-state index contributed by atoms with van der Waals surface area (Å²) in [5.74, 6) is -1.76. The van der Waals surface area contributed by atoms with Crippen LogP contribution in [0, 0.1) is 5.82 Å². The number of amides is 2. The molecule has 2 aromatic carbocycles. The average Bonchev–Trinajstić information content (AvgIpc) is 2.72. The molecule has 2 rings (SSSR count). The summed E-state index contributed by atoms with van der Waals surface area (Å²) in [5, 5.41) is 3.32. The van der Waals surface area contributed by atoms with Crippen LogP contribution < -0.4 is 9.62 Å². The second-order valence-corrected chi connectivity index (χ2v) is 10.3. The predicted molar refractivity (Wildman–Crippen MR) is 128 cm³/mol. The molecule has 0 fully saturated rings. The Labute approximate surface area is 199 Å². The molecule has 0 aliphatic carbocycles. The highest BCUT2D eigenvalue weighted by Crippen LogP contribution is 2.23. The van der Waals surface area contributed by atoms with E-state index in [4.69, 9.17) is 11.6 Å². The van der Waals surface area contributed by atoms with Gasteiger partial charge < -0.3 is 10.2 Å². The quantitative estimate of drug-likeness (QED) is 0.543. The second kappa shape index (κ2) is 11.5. The minimum absolute atomic E-state index is 0.0505.